The fourth-order valence-corrected chi connectivity index (χ4v) is 2.71. The Labute approximate surface area is 156 Å². The number of hydrogen-bond acceptors (Lipinski definition) is 4. The summed E-state index contributed by atoms with van der Waals surface area (Å²) < 4.78 is 0. The third-order valence-electron chi connectivity index (χ3n) is 3.82. The van der Waals surface area contributed by atoms with Crippen LogP contribution in [0.1, 0.15) is 27.2 Å². The second-order valence-corrected chi connectivity index (χ2v) is 6.26. The Hall–Kier alpha value is -2.76. The van der Waals surface area contributed by atoms with Crippen LogP contribution in [0.15, 0.2) is 60.9 Å². The summed E-state index contributed by atoms with van der Waals surface area (Å²) in [6, 6.07) is 14.8. The molecule has 0 spiro atoms. The second-order valence-electron chi connectivity index (χ2n) is 5.82. The maximum Gasteiger partial charge on any atom is 0.258 e. The van der Waals surface area contributed by atoms with E-state index >= 15 is 0 Å². The number of benzene rings is 1. The summed E-state index contributed by atoms with van der Waals surface area (Å²) in [6.07, 6.45) is 4.42. The molecule has 26 heavy (non-hydrogen) atoms. The molecule has 2 N–H and O–H groups in total. The van der Waals surface area contributed by atoms with Gasteiger partial charge in [0.15, 0.2) is 0 Å². The van der Waals surface area contributed by atoms with Crippen LogP contribution in [0.5, 0.6) is 0 Å². The molecular formula is C20H18ClN3O2. The number of rotatable bonds is 6. The van der Waals surface area contributed by atoms with Crippen molar-refractivity contribution in [3.8, 4) is 0 Å². The molecule has 0 saturated heterocycles. The summed E-state index contributed by atoms with van der Waals surface area (Å²) in [5, 5.41) is 12.3. The smallest absolute Gasteiger partial charge is 0.258 e. The third-order valence-corrected chi connectivity index (χ3v) is 4.05. The molecule has 2 heterocycles. The largest absolute Gasteiger partial charge is 0.396 e. The van der Waals surface area contributed by atoms with Crippen LogP contribution in [-0.4, -0.2) is 27.6 Å². The lowest BCUT2D eigenvalue weighted by molar-refractivity contribution is 0.102. The van der Waals surface area contributed by atoms with E-state index in [1.165, 1.54) is 6.20 Å². The summed E-state index contributed by atoms with van der Waals surface area (Å²) in [7, 11) is 0. The van der Waals surface area contributed by atoms with Crippen LogP contribution in [0.25, 0.3) is 0 Å². The number of carbonyl (C=O) groups excluding carboxylic acids is 1. The van der Waals surface area contributed by atoms with Crippen molar-refractivity contribution in [1.29, 1.82) is 0 Å². The minimum absolute atomic E-state index is 0.0317. The second kappa shape index (κ2) is 8.56. The lowest BCUT2D eigenvalue weighted by atomic mass is 10.1. The van der Waals surface area contributed by atoms with Crippen molar-refractivity contribution in [2.24, 2.45) is 0 Å². The number of halogens is 1. The number of aliphatic hydroxyl groups excluding tert-OH is 1. The van der Waals surface area contributed by atoms with Gasteiger partial charge in [-0.3, -0.25) is 9.78 Å². The summed E-state index contributed by atoms with van der Waals surface area (Å²) in [4.78, 5) is 20.7. The van der Waals surface area contributed by atoms with E-state index in [2.05, 4.69) is 15.3 Å². The van der Waals surface area contributed by atoms with Crippen molar-refractivity contribution in [1.82, 2.24) is 9.97 Å². The van der Waals surface area contributed by atoms with E-state index in [1.54, 1.807) is 24.4 Å². The fourth-order valence-electron chi connectivity index (χ4n) is 2.50. The normalized spacial score (nSPS) is 10.5. The van der Waals surface area contributed by atoms with Crippen LogP contribution >= 0.6 is 11.6 Å². The molecule has 0 atom stereocenters. The molecule has 1 aromatic carbocycles. The highest BCUT2D eigenvalue weighted by Gasteiger charge is 2.08. The van der Waals surface area contributed by atoms with Gasteiger partial charge in [-0.1, -0.05) is 29.8 Å². The van der Waals surface area contributed by atoms with Crippen molar-refractivity contribution in [2.75, 3.05) is 11.9 Å². The lowest BCUT2D eigenvalue weighted by Crippen LogP contribution is -2.13. The minimum Gasteiger partial charge on any atom is -0.396 e. The first-order valence-electron chi connectivity index (χ1n) is 8.20. The zero-order valence-electron chi connectivity index (χ0n) is 14.0. The van der Waals surface area contributed by atoms with Crippen LogP contribution < -0.4 is 5.32 Å². The average molecular weight is 368 g/mol. The summed E-state index contributed by atoms with van der Waals surface area (Å²) >= 11 is 6.00. The molecule has 0 aliphatic heterocycles. The summed E-state index contributed by atoms with van der Waals surface area (Å²) in [5.74, 6) is 0.201. The van der Waals surface area contributed by atoms with Gasteiger partial charge in [-0.15, -0.1) is 0 Å². The van der Waals surface area contributed by atoms with Gasteiger partial charge in [-0.25, -0.2) is 4.98 Å². The number of aliphatic hydroxyl groups is 1. The Morgan fingerprint density at radius 2 is 1.92 bits per heavy atom. The molecule has 0 aliphatic carbocycles. The van der Waals surface area contributed by atoms with Gasteiger partial charge in [0, 0.05) is 36.1 Å². The predicted octanol–water partition coefficient (Wildman–Crippen LogP) is 3.51. The first-order valence-corrected chi connectivity index (χ1v) is 8.58. The van der Waals surface area contributed by atoms with Crippen LogP contribution in [0, 0.1) is 0 Å². The van der Waals surface area contributed by atoms with Crippen LogP contribution in [0.4, 0.5) is 5.82 Å². The van der Waals surface area contributed by atoms with Crippen LogP contribution in [0.3, 0.4) is 0 Å². The Morgan fingerprint density at radius 3 is 2.58 bits per heavy atom. The van der Waals surface area contributed by atoms with E-state index in [9.17, 15) is 4.79 Å². The molecule has 0 bridgehead atoms. The number of aromatic nitrogens is 2. The molecule has 132 valence electrons. The zero-order chi connectivity index (χ0) is 18.4. The van der Waals surface area contributed by atoms with E-state index in [1.807, 2.05) is 30.3 Å². The van der Waals surface area contributed by atoms with E-state index in [0.29, 0.717) is 22.8 Å². The van der Waals surface area contributed by atoms with Crippen molar-refractivity contribution < 1.29 is 9.90 Å². The van der Waals surface area contributed by atoms with Gasteiger partial charge in [0.05, 0.1) is 5.56 Å². The fraction of sp³-hybridized carbons (Fsp3) is 0.150. The number of amides is 1. The molecule has 1 amide bonds. The standard InChI is InChI=1S/C20H18ClN3O2/c21-17-3-1-2-14(11-17)10-15-4-7-19(23-12-15)24-20(26)16-5-6-18(8-9-25)22-13-16/h1-7,11-13,25H,8-10H2,(H,23,24,26). The van der Waals surface area contributed by atoms with Gasteiger partial charge in [-0.05, 0) is 47.9 Å². The summed E-state index contributed by atoms with van der Waals surface area (Å²) in [6.45, 7) is 0.0317. The maximum absolute atomic E-state index is 12.2. The SMILES string of the molecule is O=C(Nc1ccc(Cc2cccc(Cl)c2)cn1)c1ccc(CCO)nc1. The number of carbonyl (C=O) groups is 1. The average Bonchev–Trinajstić information content (AvgIpc) is 2.64. The van der Waals surface area contributed by atoms with E-state index < -0.39 is 0 Å². The molecule has 2 aromatic heterocycles. The molecule has 3 aromatic rings. The van der Waals surface area contributed by atoms with Crippen molar-refractivity contribution in [2.45, 2.75) is 12.8 Å². The Balaban J connectivity index is 1.62. The zero-order valence-corrected chi connectivity index (χ0v) is 14.8. The molecular weight excluding hydrogens is 350 g/mol. The summed E-state index contributed by atoms with van der Waals surface area (Å²) in [5.41, 5.74) is 3.31. The molecule has 0 radical (unpaired) electrons. The highest BCUT2D eigenvalue weighted by molar-refractivity contribution is 6.30. The first kappa shape index (κ1) is 18.0. The van der Waals surface area contributed by atoms with Gasteiger partial charge < -0.3 is 10.4 Å². The molecule has 0 saturated carbocycles. The number of anilines is 1. The minimum atomic E-state index is -0.275. The topological polar surface area (TPSA) is 75.1 Å². The van der Waals surface area contributed by atoms with Gasteiger partial charge in [0.1, 0.15) is 5.82 Å². The quantitative estimate of drug-likeness (QED) is 0.699. The van der Waals surface area contributed by atoms with Crippen LogP contribution in [-0.2, 0) is 12.8 Å². The predicted molar refractivity (Wildman–Crippen MR) is 101 cm³/mol. The van der Waals surface area contributed by atoms with E-state index in [0.717, 1.165) is 23.2 Å². The van der Waals surface area contributed by atoms with Crippen molar-refractivity contribution >= 4 is 23.3 Å². The number of hydrogen-bond donors (Lipinski definition) is 2. The molecule has 5 nitrogen and oxygen atoms in total. The van der Waals surface area contributed by atoms with Crippen LogP contribution in [0.2, 0.25) is 5.02 Å². The molecule has 6 heteroatoms. The van der Waals surface area contributed by atoms with Gasteiger partial charge in [0.2, 0.25) is 0 Å². The van der Waals surface area contributed by atoms with Gasteiger partial charge in [0.25, 0.3) is 5.91 Å². The first-order chi connectivity index (χ1) is 12.6. The Morgan fingerprint density at radius 1 is 1.04 bits per heavy atom. The van der Waals surface area contributed by atoms with E-state index in [-0.39, 0.29) is 12.5 Å². The van der Waals surface area contributed by atoms with Crippen molar-refractivity contribution in [3.63, 3.8) is 0 Å². The monoisotopic (exact) mass is 367 g/mol. The van der Waals surface area contributed by atoms with Crippen molar-refractivity contribution in [3.05, 3.63) is 88.3 Å². The molecule has 0 unspecified atom stereocenters. The number of nitrogens with one attached hydrogen (secondary N) is 1. The highest BCUT2D eigenvalue weighted by Crippen LogP contribution is 2.15. The Kier molecular flexibility index (Phi) is 5.94. The maximum atomic E-state index is 12.2. The lowest BCUT2D eigenvalue weighted by Gasteiger charge is -2.07. The van der Waals surface area contributed by atoms with Gasteiger partial charge >= 0.3 is 0 Å². The van der Waals surface area contributed by atoms with Gasteiger partial charge in [-0.2, -0.15) is 0 Å². The molecule has 0 fully saturated rings. The molecule has 0 aliphatic rings. The Bertz CT molecular complexity index is 880. The number of pyridine rings is 2. The highest BCUT2D eigenvalue weighted by atomic mass is 35.5. The molecule has 3 rings (SSSR count). The third kappa shape index (κ3) is 4.88. The van der Waals surface area contributed by atoms with E-state index in [4.69, 9.17) is 16.7 Å². The number of nitrogens with zero attached hydrogens (tertiary/aromatic N) is 2.